The second-order valence-electron chi connectivity index (χ2n) is 5.17. The summed E-state index contributed by atoms with van der Waals surface area (Å²) < 4.78 is 48.3. The summed E-state index contributed by atoms with van der Waals surface area (Å²) >= 11 is 6.02. The standard InChI is InChI=1S/C17H16ClF3N2O3/c1-25-14-8-15(26-2)13(7-12(14)18)23-16(24)9-22-11-5-3-4-10(6-11)17(19,20)21/h3-8,22H,9H2,1-2H3,(H,23,24). The van der Waals surface area contributed by atoms with Gasteiger partial charge in [-0.1, -0.05) is 17.7 Å². The van der Waals surface area contributed by atoms with Crippen LogP contribution in [0.4, 0.5) is 24.5 Å². The van der Waals surface area contributed by atoms with Gasteiger partial charge in [0.1, 0.15) is 11.5 Å². The van der Waals surface area contributed by atoms with E-state index in [1.165, 1.54) is 38.5 Å². The van der Waals surface area contributed by atoms with E-state index in [1.807, 2.05) is 0 Å². The number of hydrogen-bond donors (Lipinski definition) is 2. The van der Waals surface area contributed by atoms with Crippen LogP contribution in [0.15, 0.2) is 36.4 Å². The molecular formula is C17H16ClF3N2O3. The quantitative estimate of drug-likeness (QED) is 0.768. The molecule has 0 radical (unpaired) electrons. The normalized spacial score (nSPS) is 11.0. The zero-order valence-corrected chi connectivity index (χ0v) is 14.7. The van der Waals surface area contributed by atoms with Crippen molar-refractivity contribution in [1.29, 1.82) is 0 Å². The number of anilines is 2. The minimum absolute atomic E-state index is 0.176. The van der Waals surface area contributed by atoms with Crippen LogP contribution in [0.5, 0.6) is 11.5 Å². The van der Waals surface area contributed by atoms with Gasteiger partial charge in [-0.25, -0.2) is 0 Å². The summed E-state index contributed by atoms with van der Waals surface area (Å²) in [6.07, 6.45) is -4.45. The van der Waals surface area contributed by atoms with Crippen molar-refractivity contribution in [3.8, 4) is 11.5 Å². The molecule has 0 aliphatic heterocycles. The molecular weight excluding hydrogens is 373 g/mol. The molecule has 0 aromatic heterocycles. The molecule has 0 bridgehead atoms. The lowest BCUT2D eigenvalue weighted by molar-refractivity contribution is -0.137. The molecule has 0 atom stereocenters. The van der Waals surface area contributed by atoms with Crippen molar-refractivity contribution in [2.24, 2.45) is 0 Å². The Kier molecular flexibility index (Phi) is 6.20. The fourth-order valence-corrected chi connectivity index (χ4v) is 2.38. The summed E-state index contributed by atoms with van der Waals surface area (Å²) in [7, 11) is 2.86. The van der Waals surface area contributed by atoms with E-state index in [0.29, 0.717) is 17.2 Å². The first kappa shape index (κ1) is 19.7. The van der Waals surface area contributed by atoms with Crippen LogP contribution in [-0.2, 0) is 11.0 Å². The fourth-order valence-electron chi connectivity index (χ4n) is 2.14. The molecule has 0 saturated heterocycles. The maximum Gasteiger partial charge on any atom is 0.416 e. The highest BCUT2D eigenvalue weighted by atomic mass is 35.5. The van der Waals surface area contributed by atoms with Crippen molar-refractivity contribution in [1.82, 2.24) is 0 Å². The monoisotopic (exact) mass is 388 g/mol. The minimum atomic E-state index is -4.45. The minimum Gasteiger partial charge on any atom is -0.495 e. The molecule has 26 heavy (non-hydrogen) atoms. The van der Waals surface area contributed by atoms with Gasteiger partial charge in [0.05, 0.1) is 37.0 Å². The van der Waals surface area contributed by atoms with Crippen LogP contribution in [-0.4, -0.2) is 26.7 Å². The zero-order chi connectivity index (χ0) is 19.3. The Morgan fingerprint density at radius 1 is 1.12 bits per heavy atom. The zero-order valence-electron chi connectivity index (χ0n) is 13.9. The third-order valence-electron chi connectivity index (χ3n) is 3.39. The van der Waals surface area contributed by atoms with Crippen LogP contribution in [0, 0.1) is 0 Å². The second-order valence-corrected chi connectivity index (χ2v) is 5.57. The summed E-state index contributed by atoms with van der Waals surface area (Å²) in [6, 6.07) is 7.55. The largest absolute Gasteiger partial charge is 0.495 e. The number of methoxy groups -OCH3 is 2. The molecule has 0 heterocycles. The number of halogens is 4. The lowest BCUT2D eigenvalue weighted by Gasteiger charge is -2.14. The van der Waals surface area contributed by atoms with E-state index >= 15 is 0 Å². The second kappa shape index (κ2) is 8.18. The number of rotatable bonds is 6. The Labute approximate surface area is 153 Å². The first-order chi connectivity index (χ1) is 12.2. The third kappa shape index (κ3) is 4.95. The van der Waals surface area contributed by atoms with Crippen molar-refractivity contribution < 1.29 is 27.4 Å². The van der Waals surface area contributed by atoms with Crippen molar-refractivity contribution in [2.75, 3.05) is 31.4 Å². The lowest BCUT2D eigenvalue weighted by Crippen LogP contribution is -2.22. The van der Waals surface area contributed by atoms with E-state index in [0.717, 1.165) is 12.1 Å². The summed E-state index contributed by atoms with van der Waals surface area (Å²) in [5.41, 5.74) is -0.310. The average Bonchev–Trinajstić information content (AvgIpc) is 2.60. The third-order valence-corrected chi connectivity index (χ3v) is 3.69. The SMILES string of the molecule is COc1cc(OC)c(NC(=O)CNc2cccc(C(F)(F)F)c2)cc1Cl. The van der Waals surface area contributed by atoms with E-state index in [4.69, 9.17) is 21.1 Å². The van der Waals surface area contributed by atoms with Gasteiger partial charge < -0.3 is 20.1 Å². The topological polar surface area (TPSA) is 59.6 Å². The summed E-state index contributed by atoms with van der Waals surface area (Å²) in [4.78, 5) is 12.1. The van der Waals surface area contributed by atoms with E-state index in [2.05, 4.69) is 10.6 Å². The molecule has 0 unspecified atom stereocenters. The number of amides is 1. The number of nitrogens with one attached hydrogen (secondary N) is 2. The Bertz CT molecular complexity index is 797. The Balaban J connectivity index is 2.05. The van der Waals surface area contributed by atoms with Crippen LogP contribution in [0.2, 0.25) is 5.02 Å². The number of benzene rings is 2. The van der Waals surface area contributed by atoms with Crippen molar-refractivity contribution >= 4 is 28.9 Å². The molecule has 2 rings (SSSR count). The molecule has 0 fully saturated rings. The highest BCUT2D eigenvalue weighted by Gasteiger charge is 2.30. The molecule has 0 aliphatic rings. The number of hydrogen-bond acceptors (Lipinski definition) is 4. The summed E-state index contributed by atoms with van der Waals surface area (Å²) in [5, 5.41) is 5.49. The van der Waals surface area contributed by atoms with Gasteiger partial charge in [0.15, 0.2) is 0 Å². The Hall–Kier alpha value is -2.61. The predicted molar refractivity (Wildman–Crippen MR) is 93.1 cm³/mol. The molecule has 1 amide bonds. The summed E-state index contributed by atoms with van der Waals surface area (Å²) in [6.45, 7) is -0.242. The van der Waals surface area contributed by atoms with E-state index < -0.39 is 17.6 Å². The average molecular weight is 389 g/mol. The van der Waals surface area contributed by atoms with Crippen LogP contribution in [0.25, 0.3) is 0 Å². The molecule has 140 valence electrons. The Morgan fingerprint density at radius 2 is 1.81 bits per heavy atom. The van der Waals surface area contributed by atoms with E-state index in [1.54, 1.807) is 0 Å². The Morgan fingerprint density at radius 3 is 2.42 bits per heavy atom. The fraction of sp³-hybridized carbons (Fsp3) is 0.235. The smallest absolute Gasteiger partial charge is 0.416 e. The predicted octanol–water partition coefficient (Wildman–Crippen LogP) is 4.43. The maximum absolute atomic E-state index is 12.7. The molecule has 5 nitrogen and oxygen atoms in total. The first-order valence-corrected chi connectivity index (χ1v) is 7.75. The van der Waals surface area contributed by atoms with Crippen molar-refractivity contribution in [3.05, 3.63) is 47.0 Å². The van der Waals surface area contributed by atoms with Crippen molar-refractivity contribution in [3.63, 3.8) is 0 Å². The molecule has 0 saturated carbocycles. The van der Waals surface area contributed by atoms with Gasteiger partial charge in [-0.3, -0.25) is 4.79 Å². The van der Waals surface area contributed by atoms with Crippen LogP contribution in [0.3, 0.4) is 0 Å². The van der Waals surface area contributed by atoms with Gasteiger partial charge in [0.25, 0.3) is 0 Å². The maximum atomic E-state index is 12.7. The highest BCUT2D eigenvalue weighted by molar-refractivity contribution is 6.32. The summed E-state index contributed by atoms with van der Waals surface area (Å²) in [5.74, 6) is 0.226. The number of carbonyl (C=O) groups excluding carboxylic acids is 1. The molecule has 2 aromatic carbocycles. The van der Waals surface area contributed by atoms with Gasteiger partial charge in [0.2, 0.25) is 5.91 Å². The van der Waals surface area contributed by atoms with Crippen molar-refractivity contribution in [2.45, 2.75) is 6.18 Å². The lowest BCUT2D eigenvalue weighted by atomic mass is 10.2. The number of ether oxygens (including phenoxy) is 2. The van der Waals surface area contributed by atoms with Gasteiger partial charge >= 0.3 is 6.18 Å². The van der Waals surface area contributed by atoms with E-state index in [-0.39, 0.29) is 17.3 Å². The van der Waals surface area contributed by atoms with Gasteiger partial charge in [-0.15, -0.1) is 0 Å². The van der Waals surface area contributed by atoms with Gasteiger partial charge in [-0.05, 0) is 24.3 Å². The first-order valence-electron chi connectivity index (χ1n) is 7.37. The molecule has 0 aliphatic carbocycles. The van der Waals surface area contributed by atoms with Crippen LogP contribution >= 0.6 is 11.6 Å². The van der Waals surface area contributed by atoms with Crippen LogP contribution in [0.1, 0.15) is 5.56 Å². The molecule has 2 N–H and O–H groups in total. The van der Waals surface area contributed by atoms with E-state index in [9.17, 15) is 18.0 Å². The van der Waals surface area contributed by atoms with Crippen LogP contribution < -0.4 is 20.1 Å². The molecule has 0 spiro atoms. The highest BCUT2D eigenvalue weighted by Crippen LogP contribution is 2.36. The number of alkyl halides is 3. The number of carbonyl (C=O) groups is 1. The molecule has 2 aromatic rings. The van der Waals surface area contributed by atoms with Gasteiger partial charge in [-0.2, -0.15) is 13.2 Å². The van der Waals surface area contributed by atoms with Gasteiger partial charge in [0, 0.05) is 11.8 Å². The molecule has 9 heteroatoms.